The van der Waals surface area contributed by atoms with E-state index in [-0.39, 0.29) is 29.0 Å². The second kappa shape index (κ2) is 9.41. The van der Waals surface area contributed by atoms with E-state index in [1.54, 1.807) is 19.0 Å². The van der Waals surface area contributed by atoms with Crippen LogP contribution in [0.4, 0.5) is 11.9 Å². The molecule has 2 N–H and O–H groups in total. The molecule has 2 rings (SSSR count). The van der Waals surface area contributed by atoms with Gasteiger partial charge in [0.25, 0.3) is 0 Å². The standard InChI is InChI=1S/C18H24ClN5O4/c1-10(2)8-27-15-12(19)6-11(7-13(15)26-5)16(25)28-9-14-21-17(20)23-18(22-14)24(3)4/h6-7,10H,8-9H2,1-5H3,(H2,20,21,22,23). The largest absolute Gasteiger partial charge is 0.493 e. The fourth-order valence-electron chi connectivity index (χ4n) is 2.13. The minimum atomic E-state index is -0.610. The van der Waals surface area contributed by atoms with Crippen LogP contribution in [0, 0.1) is 5.92 Å². The molecule has 0 radical (unpaired) electrons. The van der Waals surface area contributed by atoms with Crippen molar-refractivity contribution in [2.75, 3.05) is 38.4 Å². The predicted molar refractivity (Wildman–Crippen MR) is 106 cm³/mol. The Morgan fingerprint density at radius 1 is 1.25 bits per heavy atom. The summed E-state index contributed by atoms with van der Waals surface area (Å²) >= 11 is 6.27. The molecule has 9 nitrogen and oxygen atoms in total. The first kappa shape index (κ1) is 21.5. The average molecular weight is 410 g/mol. The SMILES string of the molecule is COc1cc(C(=O)OCc2nc(N)nc(N(C)C)n2)cc(Cl)c1OCC(C)C. The summed E-state index contributed by atoms with van der Waals surface area (Å²) < 4.78 is 16.3. The van der Waals surface area contributed by atoms with Crippen LogP contribution in [0.5, 0.6) is 11.5 Å². The lowest BCUT2D eigenvalue weighted by molar-refractivity contribution is 0.0461. The van der Waals surface area contributed by atoms with Crippen molar-refractivity contribution < 1.29 is 19.0 Å². The molecule has 10 heteroatoms. The number of hydrogen-bond acceptors (Lipinski definition) is 9. The minimum Gasteiger partial charge on any atom is -0.493 e. The molecule has 28 heavy (non-hydrogen) atoms. The van der Waals surface area contributed by atoms with Crippen molar-refractivity contribution in [2.24, 2.45) is 5.92 Å². The zero-order chi connectivity index (χ0) is 20.8. The fourth-order valence-corrected chi connectivity index (χ4v) is 2.40. The molecule has 0 spiro atoms. The van der Waals surface area contributed by atoms with Gasteiger partial charge in [-0.25, -0.2) is 4.79 Å². The average Bonchev–Trinajstić information content (AvgIpc) is 2.63. The molecular weight excluding hydrogens is 386 g/mol. The summed E-state index contributed by atoms with van der Waals surface area (Å²) in [5, 5.41) is 0.256. The number of benzene rings is 1. The van der Waals surface area contributed by atoms with Gasteiger partial charge in [0.15, 0.2) is 23.9 Å². The quantitative estimate of drug-likeness (QED) is 0.657. The molecule has 1 aromatic heterocycles. The van der Waals surface area contributed by atoms with Crippen LogP contribution in [0.25, 0.3) is 0 Å². The number of carbonyl (C=O) groups is 1. The highest BCUT2D eigenvalue weighted by molar-refractivity contribution is 6.32. The van der Waals surface area contributed by atoms with Crippen molar-refractivity contribution in [3.63, 3.8) is 0 Å². The van der Waals surface area contributed by atoms with Gasteiger partial charge in [0.05, 0.1) is 24.3 Å². The van der Waals surface area contributed by atoms with Gasteiger partial charge in [0, 0.05) is 14.1 Å². The van der Waals surface area contributed by atoms with Gasteiger partial charge in [-0.3, -0.25) is 0 Å². The third-order valence-electron chi connectivity index (χ3n) is 3.45. The van der Waals surface area contributed by atoms with E-state index in [4.69, 9.17) is 31.5 Å². The van der Waals surface area contributed by atoms with Gasteiger partial charge in [0.1, 0.15) is 0 Å². The van der Waals surface area contributed by atoms with Gasteiger partial charge < -0.3 is 24.8 Å². The number of nitrogens with zero attached hydrogens (tertiary/aromatic N) is 4. The van der Waals surface area contributed by atoms with E-state index < -0.39 is 5.97 Å². The van der Waals surface area contributed by atoms with E-state index in [1.165, 1.54) is 19.2 Å². The molecule has 1 aromatic carbocycles. The number of anilines is 2. The van der Waals surface area contributed by atoms with E-state index in [9.17, 15) is 4.79 Å². The summed E-state index contributed by atoms with van der Waals surface area (Å²) in [6.07, 6.45) is 0. The number of esters is 1. The lowest BCUT2D eigenvalue weighted by atomic mass is 10.2. The summed E-state index contributed by atoms with van der Waals surface area (Å²) in [4.78, 5) is 26.2. The lowest BCUT2D eigenvalue weighted by Crippen LogP contribution is -2.17. The van der Waals surface area contributed by atoms with Gasteiger partial charge in [0.2, 0.25) is 11.9 Å². The molecule has 0 bridgehead atoms. The Kier molecular flexibility index (Phi) is 7.22. The van der Waals surface area contributed by atoms with E-state index in [0.717, 1.165) is 0 Å². The summed E-state index contributed by atoms with van der Waals surface area (Å²) in [5.41, 5.74) is 5.88. The van der Waals surface area contributed by atoms with Gasteiger partial charge in [-0.1, -0.05) is 25.4 Å². The fraction of sp³-hybridized carbons (Fsp3) is 0.444. The van der Waals surface area contributed by atoms with Crippen molar-refractivity contribution in [1.29, 1.82) is 0 Å². The highest BCUT2D eigenvalue weighted by atomic mass is 35.5. The summed E-state index contributed by atoms with van der Waals surface area (Å²) in [6, 6.07) is 2.98. The maximum Gasteiger partial charge on any atom is 0.338 e. The van der Waals surface area contributed by atoms with Gasteiger partial charge in [-0.05, 0) is 18.1 Å². The monoisotopic (exact) mass is 409 g/mol. The molecule has 1 heterocycles. The van der Waals surface area contributed by atoms with Crippen molar-refractivity contribution in [3.05, 3.63) is 28.5 Å². The molecule has 0 amide bonds. The number of methoxy groups -OCH3 is 1. The van der Waals surface area contributed by atoms with Crippen LogP contribution in [0.1, 0.15) is 30.0 Å². The number of hydrogen-bond donors (Lipinski definition) is 1. The Bertz CT molecular complexity index is 845. The van der Waals surface area contributed by atoms with Crippen molar-refractivity contribution >= 4 is 29.5 Å². The number of carbonyl (C=O) groups excluding carboxylic acids is 1. The third-order valence-corrected chi connectivity index (χ3v) is 3.73. The van der Waals surface area contributed by atoms with Crippen LogP contribution in [-0.2, 0) is 11.3 Å². The molecule has 0 saturated carbocycles. The molecule has 2 aromatic rings. The first-order valence-corrected chi connectivity index (χ1v) is 8.94. The van der Waals surface area contributed by atoms with Crippen LogP contribution in [0.3, 0.4) is 0 Å². The van der Waals surface area contributed by atoms with E-state index in [2.05, 4.69) is 15.0 Å². The Balaban J connectivity index is 2.15. The number of halogens is 1. The Hall–Kier alpha value is -2.81. The molecule has 0 saturated heterocycles. The topological polar surface area (TPSA) is 113 Å². The van der Waals surface area contributed by atoms with Crippen LogP contribution >= 0.6 is 11.6 Å². The predicted octanol–water partition coefficient (Wildman–Crippen LogP) is 2.57. The molecule has 0 unspecified atom stereocenters. The van der Waals surface area contributed by atoms with Crippen molar-refractivity contribution in [3.8, 4) is 11.5 Å². The lowest BCUT2D eigenvalue weighted by Gasteiger charge is -2.15. The van der Waals surface area contributed by atoms with E-state index in [0.29, 0.717) is 30.0 Å². The second-order valence-electron chi connectivity index (χ2n) is 6.57. The number of nitrogen functional groups attached to an aromatic ring is 1. The van der Waals surface area contributed by atoms with Crippen molar-refractivity contribution in [1.82, 2.24) is 15.0 Å². The first-order valence-electron chi connectivity index (χ1n) is 8.56. The number of ether oxygens (including phenoxy) is 3. The molecule has 152 valence electrons. The smallest absolute Gasteiger partial charge is 0.338 e. The highest BCUT2D eigenvalue weighted by Gasteiger charge is 2.18. The maximum atomic E-state index is 12.4. The molecule has 0 aliphatic carbocycles. The van der Waals surface area contributed by atoms with Gasteiger partial charge >= 0.3 is 5.97 Å². The van der Waals surface area contributed by atoms with Crippen LogP contribution in [0.15, 0.2) is 12.1 Å². The molecule has 0 aliphatic rings. The number of rotatable bonds is 8. The Labute approximate surface area is 168 Å². The second-order valence-corrected chi connectivity index (χ2v) is 6.98. The maximum absolute atomic E-state index is 12.4. The summed E-state index contributed by atoms with van der Waals surface area (Å²) in [7, 11) is 5.00. The normalized spacial score (nSPS) is 10.7. The van der Waals surface area contributed by atoms with Crippen molar-refractivity contribution in [2.45, 2.75) is 20.5 Å². The van der Waals surface area contributed by atoms with Crippen LogP contribution < -0.4 is 20.1 Å². The Morgan fingerprint density at radius 3 is 2.57 bits per heavy atom. The molecule has 0 aliphatic heterocycles. The van der Waals surface area contributed by atoms with Crippen LogP contribution in [0.2, 0.25) is 5.02 Å². The highest BCUT2D eigenvalue weighted by Crippen LogP contribution is 2.37. The van der Waals surface area contributed by atoms with E-state index in [1.807, 2.05) is 13.8 Å². The van der Waals surface area contributed by atoms with Gasteiger partial charge in [-0.2, -0.15) is 15.0 Å². The minimum absolute atomic E-state index is 0.0427. The number of nitrogens with two attached hydrogens (primary N) is 1. The summed E-state index contributed by atoms with van der Waals surface area (Å²) in [5.74, 6) is 1.08. The molecule has 0 fully saturated rings. The van der Waals surface area contributed by atoms with E-state index >= 15 is 0 Å². The third kappa shape index (κ3) is 5.59. The molecular formula is C18H24ClN5O4. The first-order chi connectivity index (χ1) is 13.2. The van der Waals surface area contributed by atoms with Crippen LogP contribution in [-0.4, -0.2) is 48.7 Å². The summed E-state index contributed by atoms with van der Waals surface area (Å²) in [6.45, 7) is 4.33. The number of aromatic nitrogens is 3. The Morgan fingerprint density at radius 2 is 1.96 bits per heavy atom. The van der Waals surface area contributed by atoms with Gasteiger partial charge in [-0.15, -0.1) is 0 Å². The zero-order valence-electron chi connectivity index (χ0n) is 16.5. The molecule has 0 atom stereocenters. The zero-order valence-corrected chi connectivity index (χ0v) is 17.3.